The number of ketones is 1. The SMILES string of the molecule is CCCCOCCOc1ccc(-c2ccc(SC(C)C)c(/C=C/C(=O)Cc3ccc([S@@](=O)Cc4cncn4CCC)cc3)c2)cc1. The van der Waals surface area contributed by atoms with E-state index in [9.17, 15) is 9.00 Å². The number of thioether (sulfide) groups is 1. The second-order valence-corrected chi connectivity index (χ2v) is 14.5. The highest BCUT2D eigenvalue weighted by molar-refractivity contribution is 8.00. The molecule has 3 aromatic carbocycles. The lowest BCUT2D eigenvalue weighted by atomic mass is 10.0. The Balaban J connectivity index is 1.38. The maximum atomic E-state index is 13.0. The monoisotopic (exact) mass is 658 g/mol. The van der Waals surface area contributed by atoms with E-state index in [0.29, 0.717) is 24.2 Å². The average Bonchev–Trinajstić information content (AvgIpc) is 3.49. The molecule has 0 aliphatic carbocycles. The molecule has 0 radical (unpaired) electrons. The third-order valence-corrected chi connectivity index (χ3v) is 9.71. The molecule has 0 unspecified atom stereocenters. The molecular formula is C38H46N2O4S2. The van der Waals surface area contributed by atoms with Crippen molar-refractivity contribution in [3.8, 4) is 16.9 Å². The van der Waals surface area contributed by atoms with Gasteiger partial charge >= 0.3 is 0 Å². The van der Waals surface area contributed by atoms with Gasteiger partial charge in [0, 0.05) is 40.8 Å². The Morgan fingerprint density at radius 3 is 2.43 bits per heavy atom. The quantitative estimate of drug-likeness (QED) is 0.0570. The van der Waals surface area contributed by atoms with Gasteiger partial charge in [0.25, 0.3) is 0 Å². The lowest BCUT2D eigenvalue weighted by molar-refractivity contribution is -0.113. The molecule has 0 aliphatic rings. The molecular weight excluding hydrogens is 613 g/mol. The zero-order chi connectivity index (χ0) is 32.7. The Labute approximate surface area is 281 Å². The van der Waals surface area contributed by atoms with Crippen LogP contribution in [0, 0.1) is 0 Å². The molecule has 0 spiro atoms. The second-order valence-electron chi connectivity index (χ2n) is 11.4. The van der Waals surface area contributed by atoms with E-state index in [1.54, 1.807) is 30.4 Å². The van der Waals surface area contributed by atoms with E-state index >= 15 is 0 Å². The van der Waals surface area contributed by atoms with Crippen LogP contribution in [0.3, 0.4) is 0 Å². The molecule has 1 aromatic heterocycles. The number of aryl methyl sites for hydroxylation is 1. The van der Waals surface area contributed by atoms with Crippen molar-refractivity contribution >= 4 is 34.4 Å². The van der Waals surface area contributed by atoms with Crippen LogP contribution in [0.25, 0.3) is 17.2 Å². The minimum absolute atomic E-state index is 0.0171. The fourth-order valence-corrected chi connectivity index (χ4v) is 6.89. The van der Waals surface area contributed by atoms with Crippen LogP contribution in [0.15, 0.2) is 95.1 Å². The summed E-state index contributed by atoms with van der Waals surface area (Å²) in [5.74, 6) is 1.26. The van der Waals surface area contributed by atoms with Crippen molar-refractivity contribution in [2.75, 3.05) is 19.8 Å². The molecule has 0 amide bonds. The van der Waals surface area contributed by atoms with Crippen molar-refractivity contribution in [3.05, 3.63) is 102 Å². The number of rotatable bonds is 19. The predicted octanol–water partition coefficient (Wildman–Crippen LogP) is 8.79. The van der Waals surface area contributed by atoms with Gasteiger partial charge in [0.05, 0.1) is 35.2 Å². The molecule has 244 valence electrons. The Hall–Kier alpha value is -3.46. The zero-order valence-electron chi connectivity index (χ0n) is 27.4. The normalized spacial score (nSPS) is 12.2. The summed E-state index contributed by atoms with van der Waals surface area (Å²) in [5.41, 5.74) is 5.04. The number of carbonyl (C=O) groups is 1. The largest absolute Gasteiger partial charge is 0.491 e. The zero-order valence-corrected chi connectivity index (χ0v) is 29.1. The van der Waals surface area contributed by atoms with E-state index in [1.807, 2.05) is 42.5 Å². The van der Waals surface area contributed by atoms with Crippen molar-refractivity contribution in [2.24, 2.45) is 0 Å². The highest BCUT2D eigenvalue weighted by atomic mass is 32.2. The van der Waals surface area contributed by atoms with Crippen LogP contribution in [-0.2, 0) is 39.0 Å². The molecule has 1 heterocycles. The van der Waals surface area contributed by atoms with Crippen molar-refractivity contribution in [2.45, 2.75) is 80.7 Å². The fraction of sp³-hybridized carbons (Fsp3) is 0.368. The molecule has 46 heavy (non-hydrogen) atoms. The minimum atomic E-state index is -1.18. The van der Waals surface area contributed by atoms with Crippen molar-refractivity contribution in [1.82, 2.24) is 9.55 Å². The first-order chi connectivity index (χ1) is 22.4. The van der Waals surface area contributed by atoms with Crippen molar-refractivity contribution < 1.29 is 18.5 Å². The van der Waals surface area contributed by atoms with Crippen LogP contribution in [-0.4, -0.2) is 44.6 Å². The van der Waals surface area contributed by atoms with E-state index < -0.39 is 10.8 Å². The van der Waals surface area contributed by atoms with Crippen LogP contribution in [0.4, 0.5) is 0 Å². The first-order valence-corrected chi connectivity index (χ1v) is 18.3. The smallest absolute Gasteiger partial charge is 0.160 e. The number of hydrogen-bond acceptors (Lipinski definition) is 6. The Morgan fingerprint density at radius 1 is 0.957 bits per heavy atom. The number of benzene rings is 3. The van der Waals surface area contributed by atoms with Gasteiger partial charge in [-0.25, -0.2) is 4.98 Å². The highest BCUT2D eigenvalue weighted by Crippen LogP contribution is 2.32. The number of nitrogens with zero attached hydrogens (tertiary/aromatic N) is 2. The number of allylic oxidation sites excluding steroid dienone is 1. The summed E-state index contributed by atoms with van der Waals surface area (Å²) >= 11 is 1.78. The van der Waals surface area contributed by atoms with Gasteiger partial charge in [0.1, 0.15) is 12.4 Å². The van der Waals surface area contributed by atoms with Crippen LogP contribution in [0.5, 0.6) is 5.75 Å². The van der Waals surface area contributed by atoms with Crippen LogP contribution < -0.4 is 4.74 Å². The summed E-state index contributed by atoms with van der Waals surface area (Å²) in [7, 11) is -1.18. The summed E-state index contributed by atoms with van der Waals surface area (Å²) in [6.07, 6.45) is 10.6. The molecule has 4 rings (SSSR count). The Kier molecular flexibility index (Phi) is 14.3. The summed E-state index contributed by atoms with van der Waals surface area (Å²) < 4.78 is 26.4. The van der Waals surface area contributed by atoms with E-state index in [1.165, 1.54) is 0 Å². The maximum Gasteiger partial charge on any atom is 0.160 e. The predicted molar refractivity (Wildman–Crippen MR) is 191 cm³/mol. The van der Waals surface area contributed by atoms with Gasteiger partial charge < -0.3 is 14.0 Å². The number of carbonyl (C=O) groups excluding carboxylic acids is 1. The topological polar surface area (TPSA) is 70.4 Å². The number of hydrogen-bond donors (Lipinski definition) is 0. The van der Waals surface area contributed by atoms with Crippen molar-refractivity contribution in [1.29, 1.82) is 0 Å². The molecule has 8 heteroatoms. The second kappa shape index (κ2) is 18.6. The number of aromatic nitrogens is 2. The van der Waals surface area contributed by atoms with E-state index in [0.717, 1.165) is 75.9 Å². The number of unbranched alkanes of at least 4 members (excludes halogenated alkanes) is 1. The molecule has 1 atom stereocenters. The summed E-state index contributed by atoms with van der Waals surface area (Å²) in [6, 6.07) is 22.0. The first kappa shape index (κ1) is 35.4. The molecule has 6 nitrogen and oxygen atoms in total. The summed E-state index contributed by atoms with van der Waals surface area (Å²) in [6.45, 7) is 11.4. The third kappa shape index (κ3) is 11.1. The molecule has 0 saturated carbocycles. The van der Waals surface area contributed by atoms with Gasteiger partial charge in [-0.05, 0) is 77.6 Å². The summed E-state index contributed by atoms with van der Waals surface area (Å²) in [5, 5.41) is 0.410. The Bertz CT molecular complexity index is 1580. The standard InChI is InChI=1S/C38H46N2O4S2/c1-5-7-21-43-22-23-44-36-15-11-31(12-16-36)32-13-19-38(45-29(3)4)33(25-32)10-14-35(41)24-30-8-17-37(18-9-30)46(42)27-34-26-39-28-40(34)20-6-2/h8-19,25-26,28-29H,5-7,20-24,27H2,1-4H3/b14-10+/t46-/m0/s1. The van der Waals surface area contributed by atoms with Gasteiger partial charge in [-0.15, -0.1) is 11.8 Å². The van der Waals surface area contributed by atoms with E-state index in [-0.39, 0.29) is 12.2 Å². The lowest BCUT2D eigenvalue weighted by Crippen LogP contribution is -2.07. The van der Waals surface area contributed by atoms with Gasteiger partial charge in [0.2, 0.25) is 0 Å². The maximum absolute atomic E-state index is 13.0. The lowest BCUT2D eigenvalue weighted by Gasteiger charge is -2.12. The van der Waals surface area contributed by atoms with Crippen LogP contribution >= 0.6 is 11.8 Å². The molecule has 0 bridgehead atoms. The van der Waals surface area contributed by atoms with Crippen molar-refractivity contribution in [3.63, 3.8) is 0 Å². The Morgan fingerprint density at radius 2 is 1.72 bits per heavy atom. The van der Waals surface area contributed by atoms with Gasteiger partial charge in [0.15, 0.2) is 5.78 Å². The van der Waals surface area contributed by atoms with Crippen LogP contribution in [0.1, 0.15) is 63.8 Å². The third-order valence-electron chi connectivity index (χ3n) is 7.25. The number of ether oxygens (including phenoxy) is 2. The van der Waals surface area contributed by atoms with E-state index in [2.05, 4.69) is 67.6 Å². The van der Waals surface area contributed by atoms with Gasteiger partial charge in [-0.2, -0.15) is 0 Å². The van der Waals surface area contributed by atoms with Gasteiger partial charge in [-0.1, -0.05) is 70.5 Å². The molecule has 0 N–H and O–H groups in total. The van der Waals surface area contributed by atoms with Gasteiger partial charge in [-0.3, -0.25) is 9.00 Å². The molecule has 0 saturated heterocycles. The highest BCUT2D eigenvalue weighted by Gasteiger charge is 2.11. The first-order valence-electron chi connectivity index (χ1n) is 16.1. The average molecular weight is 659 g/mol. The van der Waals surface area contributed by atoms with E-state index in [4.69, 9.17) is 9.47 Å². The summed E-state index contributed by atoms with van der Waals surface area (Å²) in [4.78, 5) is 19.1. The number of imidazole rings is 1. The molecule has 4 aromatic rings. The molecule has 0 fully saturated rings. The fourth-order valence-electron chi connectivity index (χ4n) is 4.86. The minimum Gasteiger partial charge on any atom is -0.491 e. The van der Waals surface area contributed by atoms with Crippen LogP contribution in [0.2, 0.25) is 0 Å². The molecule has 0 aliphatic heterocycles.